The number of aryl methyl sites for hydroxylation is 3. The maximum absolute atomic E-state index is 12.7. The molecule has 2 rings (SSSR count). The monoisotopic (exact) mass is 394 g/mol. The van der Waals surface area contributed by atoms with Gasteiger partial charge in [0, 0.05) is 10.7 Å². The highest BCUT2D eigenvalue weighted by atomic mass is 35.5. The fraction of sp³-hybridized carbons (Fsp3) is 0.316. The number of hydrogen-bond donors (Lipinski definition) is 1. The second-order valence-electron chi connectivity index (χ2n) is 6.45. The average Bonchev–Trinajstić information content (AvgIpc) is 2.53. The van der Waals surface area contributed by atoms with Crippen LogP contribution in [-0.2, 0) is 14.8 Å². The van der Waals surface area contributed by atoms with Crippen molar-refractivity contribution in [3.05, 3.63) is 58.1 Å². The quantitative estimate of drug-likeness (QED) is 0.831. The van der Waals surface area contributed by atoms with Crippen molar-refractivity contribution in [3.8, 4) is 0 Å². The van der Waals surface area contributed by atoms with Crippen molar-refractivity contribution in [2.75, 3.05) is 15.9 Å². The van der Waals surface area contributed by atoms with Gasteiger partial charge < -0.3 is 5.32 Å². The maximum atomic E-state index is 12.7. The number of carbonyl (C=O) groups is 1. The number of sulfonamides is 1. The third kappa shape index (κ3) is 4.56. The SMILES string of the molecule is Cc1ccc(NC(=O)[C@@H](C)N(c2cc(Cl)ccc2C)S(C)(=O)=O)cc1C. The van der Waals surface area contributed by atoms with Crippen molar-refractivity contribution in [2.24, 2.45) is 0 Å². The highest BCUT2D eigenvalue weighted by molar-refractivity contribution is 7.92. The van der Waals surface area contributed by atoms with Crippen molar-refractivity contribution < 1.29 is 13.2 Å². The van der Waals surface area contributed by atoms with Crippen molar-refractivity contribution in [3.63, 3.8) is 0 Å². The first-order valence-corrected chi connectivity index (χ1v) is 10.4. The van der Waals surface area contributed by atoms with Crippen LogP contribution in [0.2, 0.25) is 5.02 Å². The Kier molecular flexibility index (Phi) is 5.98. The molecular weight excluding hydrogens is 372 g/mol. The maximum Gasteiger partial charge on any atom is 0.247 e. The number of nitrogens with one attached hydrogen (secondary N) is 1. The molecule has 26 heavy (non-hydrogen) atoms. The lowest BCUT2D eigenvalue weighted by Gasteiger charge is -2.29. The summed E-state index contributed by atoms with van der Waals surface area (Å²) < 4.78 is 25.9. The molecule has 5 nitrogen and oxygen atoms in total. The van der Waals surface area contributed by atoms with Gasteiger partial charge in [0.15, 0.2) is 0 Å². The number of rotatable bonds is 5. The molecular formula is C19H23ClN2O3S. The Hall–Kier alpha value is -2.05. The van der Waals surface area contributed by atoms with Crippen molar-refractivity contribution in [1.82, 2.24) is 0 Å². The molecule has 0 radical (unpaired) electrons. The van der Waals surface area contributed by atoms with E-state index in [0.717, 1.165) is 21.7 Å². The van der Waals surface area contributed by atoms with Gasteiger partial charge in [-0.15, -0.1) is 0 Å². The molecule has 7 heteroatoms. The largest absolute Gasteiger partial charge is 0.324 e. The van der Waals surface area contributed by atoms with Gasteiger partial charge in [0.25, 0.3) is 0 Å². The topological polar surface area (TPSA) is 66.5 Å². The molecule has 1 N–H and O–H groups in total. The third-order valence-electron chi connectivity index (χ3n) is 4.27. The molecule has 0 fully saturated rings. The lowest BCUT2D eigenvalue weighted by molar-refractivity contribution is -0.116. The van der Waals surface area contributed by atoms with Crippen LogP contribution in [0.3, 0.4) is 0 Å². The molecule has 0 saturated heterocycles. The van der Waals surface area contributed by atoms with Crippen LogP contribution < -0.4 is 9.62 Å². The fourth-order valence-electron chi connectivity index (χ4n) is 2.67. The summed E-state index contributed by atoms with van der Waals surface area (Å²) in [6.45, 7) is 7.26. The van der Waals surface area contributed by atoms with Crippen LogP contribution in [0, 0.1) is 20.8 Å². The first kappa shape index (κ1) is 20.3. The molecule has 0 aliphatic heterocycles. The predicted octanol–water partition coefficient (Wildman–Crippen LogP) is 4.06. The van der Waals surface area contributed by atoms with Crippen LogP contribution in [-0.4, -0.2) is 26.6 Å². The Bertz CT molecular complexity index is 942. The summed E-state index contributed by atoms with van der Waals surface area (Å²) >= 11 is 6.04. The van der Waals surface area contributed by atoms with Gasteiger partial charge in [-0.2, -0.15) is 0 Å². The zero-order chi connectivity index (χ0) is 19.6. The predicted molar refractivity (Wildman–Crippen MR) is 108 cm³/mol. The second kappa shape index (κ2) is 7.68. The number of amides is 1. The van der Waals surface area contributed by atoms with E-state index in [1.54, 1.807) is 38.1 Å². The van der Waals surface area contributed by atoms with E-state index in [4.69, 9.17) is 11.6 Å². The molecule has 0 aliphatic rings. The van der Waals surface area contributed by atoms with Gasteiger partial charge in [-0.3, -0.25) is 9.10 Å². The van der Waals surface area contributed by atoms with Gasteiger partial charge in [0.2, 0.25) is 15.9 Å². The van der Waals surface area contributed by atoms with E-state index in [-0.39, 0.29) is 0 Å². The minimum absolute atomic E-state index is 0.391. The Morgan fingerprint density at radius 3 is 2.23 bits per heavy atom. The molecule has 2 aromatic rings. The molecule has 0 aromatic heterocycles. The molecule has 0 unspecified atom stereocenters. The summed E-state index contributed by atoms with van der Waals surface area (Å²) in [5, 5.41) is 3.19. The van der Waals surface area contributed by atoms with Crippen LogP contribution >= 0.6 is 11.6 Å². The number of carbonyl (C=O) groups excluding carboxylic acids is 1. The summed E-state index contributed by atoms with van der Waals surface area (Å²) in [6, 6.07) is 9.58. The highest BCUT2D eigenvalue weighted by Gasteiger charge is 2.30. The molecule has 0 spiro atoms. The highest BCUT2D eigenvalue weighted by Crippen LogP contribution is 2.28. The van der Waals surface area contributed by atoms with E-state index in [0.29, 0.717) is 22.0 Å². The average molecular weight is 395 g/mol. The van der Waals surface area contributed by atoms with Crippen molar-refractivity contribution >= 4 is 38.9 Å². The van der Waals surface area contributed by atoms with E-state index >= 15 is 0 Å². The van der Waals surface area contributed by atoms with Crippen LogP contribution in [0.5, 0.6) is 0 Å². The molecule has 0 heterocycles. The molecule has 140 valence electrons. The van der Waals surface area contributed by atoms with E-state index < -0.39 is 22.0 Å². The van der Waals surface area contributed by atoms with Crippen LogP contribution in [0.4, 0.5) is 11.4 Å². The van der Waals surface area contributed by atoms with Gasteiger partial charge in [0.05, 0.1) is 11.9 Å². The van der Waals surface area contributed by atoms with Gasteiger partial charge in [-0.25, -0.2) is 8.42 Å². The van der Waals surface area contributed by atoms with E-state index in [2.05, 4.69) is 5.32 Å². The summed E-state index contributed by atoms with van der Waals surface area (Å²) in [7, 11) is -3.69. The molecule has 1 amide bonds. The summed E-state index contributed by atoms with van der Waals surface area (Å²) in [5.41, 5.74) is 3.89. The number of nitrogens with zero attached hydrogens (tertiary/aromatic N) is 1. The van der Waals surface area contributed by atoms with E-state index in [1.165, 1.54) is 0 Å². The summed E-state index contributed by atoms with van der Waals surface area (Å²) in [6.07, 6.45) is 1.08. The number of anilines is 2. The normalized spacial score (nSPS) is 12.5. The van der Waals surface area contributed by atoms with Crippen LogP contribution in [0.15, 0.2) is 36.4 Å². The molecule has 2 aromatic carbocycles. The Balaban J connectivity index is 2.37. The number of hydrogen-bond acceptors (Lipinski definition) is 3. The first-order chi connectivity index (χ1) is 12.0. The molecule has 1 atom stereocenters. The van der Waals surface area contributed by atoms with E-state index in [9.17, 15) is 13.2 Å². The van der Waals surface area contributed by atoms with Gasteiger partial charge >= 0.3 is 0 Å². The van der Waals surface area contributed by atoms with Crippen molar-refractivity contribution in [2.45, 2.75) is 33.7 Å². The Labute approximate surface area is 160 Å². The summed E-state index contributed by atoms with van der Waals surface area (Å²) in [5.74, 6) is -0.418. The summed E-state index contributed by atoms with van der Waals surface area (Å²) in [4.78, 5) is 12.7. The first-order valence-electron chi connectivity index (χ1n) is 8.14. The van der Waals surface area contributed by atoms with Crippen LogP contribution in [0.1, 0.15) is 23.6 Å². The van der Waals surface area contributed by atoms with E-state index in [1.807, 2.05) is 26.0 Å². The number of halogens is 1. The second-order valence-corrected chi connectivity index (χ2v) is 8.75. The molecule has 0 aliphatic carbocycles. The van der Waals surface area contributed by atoms with Crippen LogP contribution in [0.25, 0.3) is 0 Å². The fourth-order valence-corrected chi connectivity index (χ4v) is 4.06. The lowest BCUT2D eigenvalue weighted by Crippen LogP contribution is -2.45. The van der Waals surface area contributed by atoms with Gasteiger partial charge in [-0.05, 0) is 68.7 Å². The lowest BCUT2D eigenvalue weighted by atomic mass is 10.1. The van der Waals surface area contributed by atoms with Crippen molar-refractivity contribution in [1.29, 1.82) is 0 Å². The number of benzene rings is 2. The standard InChI is InChI=1S/C19H23ClN2O3S/c1-12-7-9-17(10-14(12)3)21-19(23)15(4)22(26(5,24)25)18-11-16(20)8-6-13(18)2/h6-11,15H,1-5H3,(H,21,23)/t15-/m1/s1. The molecule has 0 bridgehead atoms. The smallest absolute Gasteiger partial charge is 0.247 e. The third-order valence-corrected chi connectivity index (χ3v) is 5.73. The molecule has 0 saturated carbocycles. The Morgan fingerprint density at radius 2 is 1.65 bits per heavy atom. The minimum atomic E-state index is -3.69. The zero-order valence-electron chi connectivity index (χ0n) is 15.5. The zero-order valence-corrected chi connectivity index (χ0v) is 17.1. The van der Waals surface area contributed by atoms with Gasteiger partial charge in [0.1, 0.15) is 6.04 Å². The Morgan fingerprint density at radius 1 is 1.04 bits per heavy atom. The minimum Gasteiger partial charge on any atom is -0.324 e. The van der Waals surface area contributed by atoms with Gasteiger partial charge in [-0.1, -0.05) is 23.7 Å².